The van der Waals surface area contributed by atoms with Gasteiger partial charge in [0.05, 0.1) is 5.69 Å². The maximum absolute atomic E-state index is 12.5. The van der Waals surface area contributed by atoms with Crippen LogP contribution in [0.5, 0.6) is 11.5 Å². The molecule has 0 radical (unpaired) electrons. The number of carbonyl (C=O) groups is 2. The first-order valence-corrected chi connectivity index (χ1v) is 9.62. The number of hydrogen-bond donors (Lipinski definition) is 1. The lowest BCUT2D eigenvalue weighted by Gasteiger charge is -2.33. The van der Waals surface area contributed by atoms with Crippen LogP contribution >= 0.6 is 0 Å². The van der Waals surface area contributed by atoms with Crippen LogP contribution in [-0.4, -0.2) is 42.5 Å². The summed E-state index contributed by atoms with van der Waals surface area (Å²) in [4.78, 5) is 26.5. The van der Waals surface area contributed by atoms with Gasteiger partial charge in [0.1, 0.15) is 11.5 Å². The van der Waals surface area contributed by atoms with Crippen molar-refractivity contribution in [3.05, 3.63) is 54.6 Å². The molecule has 0 bridgehead atoms. The Bertz CT molecular complexity index is 794. The van der Waals surface area contributed by atoms with E-state index in [-0.39, 0.29) is 31.1 Å². The number of anilines is 1. The Labute approximate surface area is 165 Å². The van der Waals surface area contributed by atoms with Gasteiger partial charge in [0.25, 0.3) is 11.8 Å². The van der Waals surface area contributed by atoms with Crippen molar-refractivity contribution in [1.82, 2.24) is 4.90 Å². The predicted molar refractivity (Wildman–Crippen MR) is 108 cm³/mol. The average Bonchev–Trinajstić information content (AvgIpc) is 2.72. The van der Waals surface area contributed by atoms with Crippen LogP contribution in [-0.2, 0) is 9.59 Å². The molecule has 6 heteroatoms. The van der Waals surface area contributed by atoms with Gasteiger partial charge in [0.2, 0.25) is 0 Å². The number of hydrogen-bond acceptors (Lipinski definition) is 4. The monoisotopic (exact) mass is 382 g/mol. The van der Waals surface area contributed by atoms with Crippen LogP contribution in [0, 0.1) is 0 Å². The summed E-state index contributed by atoms with van der Waals surface area (Å²) in [5.74, 6) is 0.772. The third-order valence-electron chi connectivity index (χ3n) is 4.75. The van der Waals surface area contributed by atoms with E-state index in [2.05, 4.69) is 12.2 Å². The molecule has 1 saturated heterocycles. The first-order valence-electron chi connectivity index (χ1n) is 9.62. The van der Waals surface area contributed by atoms with Crippen LogP contribution in [0.3, 0.4) is 0 Å². The van der Waals surface area contributed by atoms with E-state index in [9.17, 15) is 9.59 Å². The van der Waals surface area contributed by atoms with E-state index in [0.29, 0.717) is 17.2 Å². The zero-order valence-electron chi connectivity index (χ0n) is 16.1. The van der Waals surface area contributed by atoms with Crippen LogP contribution in [0.15, 0.2) is 54.6 Å². The minimum atomic E-state index is -0.295. The Morgan fingerprint density at radius 1 is 1.00 bits per heavy atom. The number of piperidine rings is 1. The summed E-state index contributed by atoms with van der Waals surface area (Å²) in [5.41, 5.74) is 0.517. The number of nitrogens with zero attached hydrogens (tertiary/aromatic N) is 1. The maximum Gasteiger partial charge on any atom is 0.262 e. The van der Waals surface area contributed by atoms with Gasteiger partial charge in [-0.25, -0.2) is 0 Å². The van der Waals surface area contributed by atoms with Gasteiger partial charge in [0.15, 0.2) is 13.2 Å². The fraction of sp³-hybridized carbons (Fsp3) is 0.364. The number of amides is 2. The van der Waals surface area contributed by atoms with E-state index >= 15 is 0 Å². The van der Waals surface area contributed by atoms with E-state index < -0.39 is 0 Å². The van der Waals surface area contributed by atoms with Crippen molar-refractivity contribution < 1.29 is 19.1 Å². The lowest BCUT2D eigenvalue weighted by Crippen LogP contribution is -2.44. The minimum absolute atomic E-state index is 0.0271. The van der Waals surface area contributed by atoms with Crippen molar-refractivity contribution >= 4 is 17.5 Å². The minimum Gasteiger partial charge on any atom is -0.484 e. The highest BCUT2D eigenvalue weighted by Gasteiger charge is 2.23. The molecule has 28 heavy (non-hydrogen) atoms. The summed E-state index contributed by atoms with van der Waals surface area (Å²) in [6.07, 6.45) is 3.22. The molecule has 2 amide bonds. The number of para-hydroxylation sites is 3. The summed E-state index contributed by atoms with van der Waals surface area (Å²) in [5, 5.41) is 2.78. The van der Waals surface area contributed by atoms with Gasteiger partial charge < -0.3 is 19.7 Å². The molecule has 1 heterocycles. The zero-order chi connectivity index (χ0) is 19.8. The Balaban J connectivity index is 1.53. The predicted octanol–water partition coefficient (Wildman–Crippen LogP) is 3.48. The highest BCUT2D eigenvalue weighted by molar-refractivity contribution is 5.93. The summed E-state index contributed by atoms with van der Waals surface area (Å²) >= 11 is 0. The van der Waals surface area contributed by atoms with Crippen molar-refractivity contribution in [1.29, 1.82) is 0 Å². The molecule has 3 rings (SSSR count). The molecule has 0 aromatic heterocycles. The molecule has 148 valence electrons. The molecular weight excluding hydrogens is 356 g/mol. The summed E-state index contributed by atoms with van der Waals surface area (Å²) in [7, 11) is 0. The van der Waals surface area contributed by atoms with E-state index in [1.165, 1.54) is 0 Å². The fourth-order valence-corrected chi connectivity index (χ4v) is 3.24. The van der Waals surface area contributed by atoms with Crippen molar-refractivity contribution in [3.8, 4) is 11.5 Å². The smallest absolute Gasteiger partial charge is 0.262 e. The SMILES string of the molecule is CC1CCCCN1C(=O)COc1ccccc1NC(=O)COc1ccccc1. The molecule has 1 unspecified atom stereocenters. The van der Waals surface area contributed by atoms with Gasteiger partial charge in [0, 0.05) is 12.6 Å². The molecule has 1 N–H and O–H groups in total. The van der Waals surface area contributed by atoms with Crippen LogP contribution in [0.1, 0.15) is 26.2 Å². The summed E-state index contributed by atoms with van der Waals surface area (Å²) in [6.45, 7) is 2.69. The van der Waals surface area contributed by atoms with E-state index in [1.807, 2.05) is 23.1 Å². The number of rotatable bonds is 7. The number of likely N-dealkylation sites (tertiary alicyclic amines) is 1. The van der Waals surface area contributed by atoms with Crippen LogP contribution in [0.25, 0.3) is 0 Å². The first kappa shape index (κ1) is 19.7. The number of nitrogens with one attached hydrogen (secondary N) is 1. The van der Waals surface area contributed by atoms with Gasteiger partial charge in [-0.2, -0.15) is 0 Å². The first-order chi connectivity index (χ1) is 13.6. The van der Waals surface area contributed by atoms with Gasteiger partial charge >= 0.3 is 0 Å². The molecule has 0 saturated carbocycles. The average molecular weight is 382 g/mol. The highest BCUT2D eigenvalue weighted by Crippen LogP contribution is 2.24. The standard InChI is InChI=1S/C22H26N2O4/c1-17-9-7-8-14-24(17)22(26)16-28-20-13-6-5-12-19(20)23-21(25)15-27-18-10-3-2-4-11-18/h2-6,10-13,17H,7-9,14-16H2,1H3,(H,23,25). The third-order valence-corrected chi connectivity index (χ3v) is 4.75. The summed E-state index contributed by atoms with van der Waals surface area (Å²) < 4.78 is 11.2. The largest absolute Gasteiger partial charge is 0.484 e. The van der Waals surface area contributed by atoms with Crippen LogP contribution in [0.4, 0.5) is 5.69 Å². The third kappa shape index (κ3) is 5.49. The molecule has 2 aromatic rings. The number of carbonyl (C=O) groups excluding carboxylic acids is 2. The highest BCUT2D eigenvalue weighted by atomic mass is 16.5. The van der Waals surface area contributed by atoms with Crippen molar-refractivity contribution in [2.75, 3.05) is 25.1 Å². The van der Waals surface area contributed by atoms with Gasteiger partial charge in [-0.15, -0.1) is 0 Å². The Morgan fingerprint density at radius 2 is 1.75 bits per heavy atom. The van der Waals surface area contributed by atoms with Crippen LogP contribution < -0.4 is 14.8 Å². The lowest BCUT2D eigenvalue weighted by atomic mass is 10.0. The van der Waals surface area contributed by atoms with Crippen molar-refractivity contribution in [3.63, 3.8) is 0 Å². The Morgan fingerprint density at radius 3 is 2.54 bits per heavy atom. The van der Waals surface area contributed by atoms with Crippen LogP contribution in [0.2, 0.25) is 0 Å². The quantitative estimate of drug-likeness (QED) is 0.796. The Hall–Kier alpha value is -3.02. The second-order valence-corrected chi connectivity index (χ2v) is 6.87. The second-order valence-electron chi connectivity index (χ2n) is 6.87. The molecule has 1 atom stereocenters. The number of benzene rings is 2. The molecule has 1 fully saturated rings. The van der Waals surface area contributed by atoms with Gasteiger partial charge in [-0.1, -0.05) is 30.3 Å². The van der Waals surface area contributed by atoms with E-state index in [0.717, 1.165) is 25.8 Å². The van der Waals surface area contributed by atoms with Crippen molar-refractivity contribution in [2.45, 2.75) is 32.2 Å². The molecule has 1 aliphatic heterocycles. The maximum atomic E-state index is 12.5. The fourth-order valence-electron chi connectivity index (χ4n) is 3.24. The Kier molecular flexibility index (Phi) is 6.89. The molecular formula is C22H26N2O4. The van der Waals surface area contributed by atoms with Crippen molar-refractivity contribution in [2.24, 2.45) is 0 Å². The summed E-state index contributed by atoms with van der Waals surface area (Å²) in [6, 6.07) is 16.5. The van der Waals surface area contributed by atoms with E-state index in [1.54, 1.807) is 36.4 Å². The topological polar surface area (TPSA) is 67.9 Å². The lowest BCUT2D eigenvalue weighted by molar-refractivity contribution is -0.136. The number of ether oxygens (including phenoxy) is 2. The zero-order valence-corrected chi connectivity index (χ0v) is 16.1. The molecule has 1 aliphatic rings. The molecule has 2 aromatic carbocycles. The van der Waals surface area contributed by atoms with E-state index in [4.69, 9.17) is 9.47 Å². The molecule has 6 nitrogen and oxygen atoms in total. The van der Waals surface area contributed by atoms with Gasteiger partial charge in [-0.05, 0) is 50.5 Å². The van der Waals surface area contributed by atoms with Gasteiger partial charge in [-0.3, -0.25) is 9.59 Å². The normalized spacial score (nSPS) is 16.3. The molecule has 0 spiro atoms. The second kappa shape index (κ2) is 9.78. The molecule has 0 aliphatic carbocycles.